The van der Waals surface area contributed by atoms with Crippen LogP contribution in [0.15, 0.2) is 41.8 Å². The van der Waals surface area contributed by atoms with E-state index in [1.807, 2.05) is 30.3 Å². The van der Waals surface area contributed by atoms with Gasteiger partial charge in [-0.05, 0) is 41.3 Å². The van der Waals surface area contributed by atoms with Crippen molar-refractivity contribution in [2.45, 2.75) is 32.2 Å². The fraction of sp³-hybridized carbons (Fsp3) is 0.389. The number of thiophene rings is 1. The minimum absolute atomic E-state index is 0.0566. The number of hydrogen-bond acceptors (Lipinski definition) is 2. The second kappa shape index (κ2) is 6.43. The summed E-state index contributed by atoms with van der Waals surface area (Å²) >= 11 is 7.93. The first kappa shape index (κ1) is 15.6. The number of benzene rings is 1. The molecule has 1 fully saturated rings. The Bertz CT molecular complexity index is 653. The quantitative estimate of drug-likeness (QED) is 0.818. The molecule has 2 nitrogen and oxygen atoms in total. The average Bonchev–Trinajstić information content (AvgIpc) is 3.10. The Morgan fingerprint density at radius 2 is 2.05 bits per heavy atom. The molecule has 1 aromatic carbocycles. The molecule has 1 aromatic heterocycles. The first-order valence-electron chi connectivity index (χ1n) is 7.66. The van der Waals surface area contributed by atoms with Crippen LogP contribution >= 0.6 is 22.9 Å². The molecule has 0 saturated heterocycles. The molecule has 0 bridgehead atoms. The fourth-order valence-corrected chi connectivity index (χ4v) is 4.12. The lowest BCUT2D eigenvalue weighted by atomic mass is 10.0. The predicted octanol–water partition coefficient (Wildman–Crippen LogP) is 5.02. The van der Waals surface area contributed by atoms with Crippen molar-refractivity contribution in [3.63, 3.8) is 0 Å². The maximum Gasteiger partial charge on any atom is 0.224 e. The highest BCUT2D eigenvalue weighted by atomic mass is 35.5. The molecule has 3 unspecified atom stereocenters. The second-order valence-electron chi connectivity index (χ2n) is 6.22. The third kappa shape index (κ3) is 3.21. The number of carbonyl (C=O) groups excluding carboxylic acids is 1. The van der Waals surface area contributed by atoms with Gasteiger partial charge in [-0.2, -0.15) is 0 Å². The fourth-order valence-electron chi connectivity index (χ4n) is 2.90. The van der Waals surface area contributed by atoms with E-state index in [0.29, 0.717) is 5.92 Å². The number of rotatable bonds is 5. The van der Waals surface area contributed by atoms with Crippen LogP contribution in [-0.4, -0.2) is 5.91 Å². The van der Waals surface area contributed by atoms with Crippen LogP contribution in [0.1, 0.15) is 42.7 Å². The van der Waals surface area contributed by atoms with Crippen molar-refractivity contribution < 1.29 is 4.79 Å². The van der Waals surface area contributed by atoms with Gasteiger partial charge in [0.1, 0.15) is 0 Å². The van der Waals surface area contributed by atoms with Gasteiger partial charge in [0.15, 0.2) is 0 Å². The van der Waals surface area contributed by atoms with Gasteiger partial charge in [0.25, 0.3) is 0 Å². The molecule has 0 radical (unpaired) electrons. The first-order valence-corrected chi connectivity index (χ1v) is 8.92. The molecule has 1 aliphatic carbocycles. The highest BCUT2D eigenvalue weighted by molar-refractivity contribution is 7.10. The van der Waals surface area contributed by atoms with E-state index < -0.39 is 0 Å². The smallest absolute Gasteiger partial charge is 0.224 e. The van der Waals surface area contributed by atoms with Crippen LogP contribution in [0.25, 0.3) is 0 Å². The Labute approximate surface area is 140 Å². The summed E-state index contributed by atoms with van der Waals surface area (Å²) in [4.78, 5) is 13.8. The van der Waals surface area contributed by atoms with Crippen molar-refractivity contribution in [1.82, 2.24) is 5.32 Å². The van der Waals surface area contributed by atoms with Crippen LogP contribution in [0.5, 0.6) is 0 Å². The Hall–Kier alpha value is -1.32. The van der Waals surface area contributed by atoms with Crippen LogP contribution in [0.3, 0.4) is 0 Å². The first-order chi connectivity index (χ1) is 10.6. The number of nitrogens with one attached hydrogen (secondary N) is 1. The zero-order chi connectivity index (χ0) is 15.7. The monoisotopic (exact) mass is 333 g/mol. The van der Waals surface area contributed by atoms with Gasteiger partial charge < -0.3 is 5.32 Å². The summed E-state index contributed by atoms with van der Waals surface area (Å²) in [7, 11) is 0. The summed E-state index contributed by atoms with van der Waals surface area (Å²) < 4.78 is 0. The number of hydrogen-bond donors (Lipinski definition) is 1. The van der Waals surface area contributed by atoms with E-state index in [0.717, 1.165) is 17.0 Å². The topological polar surface area (TPSA) is 29.1 Å². The van der Waals surface area contributed by atoms with Gasteiger partial charge in [0.05, 0.1) is 6.04 Å². The molecule has 116 valence electrons. The van der Waals surface area contributed by atoms with Crippen molar-refractivity contribution in [3.8, 4) is 0 Å². The maximum atomic E-state index is 12.6. The highest BCUT2D eigenvalue weighted by Crippen LogP contribution is 2.50. The molecule has 1 amide bonds. The molecule has 22 heavy (non-hydrogen) atoms. The van der Waals surface area contributed by atoms with Gasteiger partial charge in [-0.3, -0.25) is 4.79 Å². The zero-order valence-electron chi connectivity index (χ0n) is 12.8. The zero-order valence-corrected chi connectivity index (χ0v) is 14.3. The van der Waals surface area contributed by atoms with Crippen molar-refractivity contribution in [3.05, 3.63) is 57.2 Å². The van der Waals surface area contributed by atoms with E-state index >= 15 is 0 Å². The molecular weight excluding hydrogens is 314 g/mol. The number of carbonyl (C=O) groups is 1. The maximum absolute atomic E-state index is 12.6. The van der Waals surface area contributed by atoms with E-state index in [1.165, 1.54) is 4.88 Å². The Morgan fingerprint density at radius 1 is 1.27 bits per heavy atom. The largest absolute Gasteiger partial charge is 0.348 e. The molecule has 0 aliphatic heterocycles. The van der Waals surface area contributed by atoms with Crippen LogP contribution in [0.2, 0.25) is 5.02 Å². The molecule has 3 rings (SSSR count). The van der Waals surface area contributed by atoms with E-state index in [-0.39, 0.29) is 23.8 Å². The van der Waals surface area contributed by atoms with E-state index in [4.69, 9.17) is 11.6 Å². The summed E-state index contributed by atoms with van der Waals surface area (Å²) in [5, 5.41) is 6.05. The van der Waals surface area contributed by atoms with Crippen LogP contribution in [0.4, 0.5) is 0 Å². The van der Waals surface area contributed by atoms with Crippen LogP contribution < -0.4 is 5.32 Å². The molecule has 0 spiro atoms. The summed E-state index contributed by atoms with van der Waals surface area (Å²) in [5.41, 5.74) is 1.10. The van der Waals surface area contributed by atoms with E-state index in [1.54, 1.807) is 11.3 Å². The summed E-state index contributed by atoms with van der Waals surface area (Å²) in [5.74, 6) is 0.850. The molecule has 2 aromatic rings. The van der Waals surface area contributed by atoms with Crippen molar-refractivity contribution in [1.29, 1.82) is 0 Å². The number of amides is 1. The Kier molecular flexibility index (Phi) is 4.55. The van der Waals surface area contributed by atoms with E-state index in [2.05, 4.69) is 30.6 Å². The van der Waals surface area contributed by atoms with Crippen LogP contribution in [-0.2, 0) is 4.79 Å². The SMILES string of the molecule is CC(C)C(NC(=O)C1CC1c1ccccc1Cl)c1cccs1. The van der Waals surface area contributed by atoms with Crippen molar-refractivity contribution in [2.24, 2.45) is 11.8 Å². The molecule has 1 saturated carbocycles. The normalized spacial score (nSPS) is 21.6. The van der Waals surface area contributed by atoms with Crippen molar-refractivity contribution in [2.75, 3.05) is 0 Å². The summed E-state index contributed by atoms with van der Waals surface area (Å²) in [6.07, 6.45) is 0.894. The minimum Gasteiger partial charge on any atom is -0.348 e. The summed E-state index contributed by atoms with van der Waals surface area (Å²) in [6, 6.07) is 12.1. The van der Waals surface area contributed by atoms with Crippen LogP contribution in [0, 0.1) is 11.8 Å². The lowest BCUT2D eigenvalue weighted by Crippen LogP contribution is -2.32. The van der Waals surface area contributed by atoms with Gasteiger partial charge in [-0.1, -0.05) is 49.7 Å². The molecule has 1 heterocycles. The van der Waals surface area contributed by atoms with E-state index in [9.17, 15) is 4.79 Å². The minimum atomic E-state index is 0.0566. The lowest BCUT2D eigenvalue weighted by Gasteiger charge is -2.21. The highest BCUT2D eigenvalue weighted by Gasteiger charge is 2.45. The molecule has 1 N–H and O–H groups in total. The molecule has 4 heteroatoms. The van der Waals surface area contributed by atoms with Gasteiger partial charge in [-0.15, -0.1) is 11.3 Å². The standard InChI is InChI=1S/C18H20ClNOS/c1-11(2)17(16-8-5-9-22-16)20-18(21)14-10-13(14)12-6-3-4-7-15(12)19/h3-9,11,13-14,17H,10H2,1-2H3,(H,20,21). The lowest BCUT2D eigenvalue weighted by molar-refractivity contribution is -0.123. The van der Waals surface area contributed by atoms with Gasteiger partial charge in [-0.25, -0.2) is 0 Å². The molecule has 1 aliphatic rings. The molecular formula is C18H20ClNOS. The number of halogens is 1. The Morgan fingerprint density at radius 3 is 2.68 bits per heavy atom. The average molecular weight is 334 g/mol. The van der Waals surface area contributed by atoms with Crippen molar-refractivity contribution >= 4 is 28.8 Å². The predicted molar refractivity (Wildman–Crippen MR) is 92.3 cm³/mol. The third-order valence-corrected chi connectivity index (χ3v) is 5.55. The van der Waals surface area contributed by atoms with Gasteiger partial charge in [0.2, 0.25) is 5.91 Å². The third-order valence-electron chi connectivity index (χ3n) is 4.25. The Balaban J connectivity index is 1.67. The molecule has 3 atom stereocenters. The van der Waals surface area contributed by atoms with Gasteiger partial charge in [0, 0.05) is 15.8 Å². The summed E-state index contributed by atoms with van der Waals surface area (Å²) in [6.45, 7) is 4.28. The van der Waals surface area contributed by atoms with Gasteiger partial charge >= 0.3 is 0 Å². The second-order valence-corrected chi connectivity index (χ2v) is 7.60.